The Labute approximate surface area is 182 Å². The number of likely N-dealkylation sites (tertiary alicyclic amines) is 1. The van der Waals surface area contributed by atoms with E-state index < -0.39 is 0 Å². The quantitative estimate of drug-likeness (QED) is 0.470. The zero-order chi connectivity index (χ0) is 20.5. The molecule has 3 rings (SSSR count). The van der Waals surface area contributed by atoms with E-state index in [0.29, 0.717) is 13.0 Å². The lowest BCUT2D eigenvalue weighted by molar-refractivity contribution is -0.127. The van der Waals surface area contributed by atoms with Crippen molar-refractivity contribution < 1.29 is 4.79 Å². The number of nitrogens with zero attached hydrogens (tertiary/aromatic N) is 2. The van der Waals surface area contributed by atoms with Gasteiger partial charge in [0.05, 0.1) is 4.34 Å². The van der Waals surface area contributed by atoms with Gasteiger partial charge in [0.15, 0.2) is 5.96 Å². The number of halogens is 1. The lowest BCUT2D eigenvalue weighted by atomic mass is 10.1. The highest BCUT2D eigenvalue weighted by Crippen LogP contribution is 2.21. The highest BCUT2D eigenvalue weighted by atomic mass is 35.5. The van der Waals surface area contributed by atoms with Crippen LogP contribution in [0.25, 0.3) is 0 Å². The Hall–Kier alpha value is -2.05. The molecule has 1 unspecified atom stereocenters. The molecule has 0 radical (unpaired) electrons. The largest absolute Gasteiger partial charge is 0.357 e. The molecule has 0 aliphatic carbocycles. The summed E-state index contributed by atoms with van der Waals surface area (Å²) in [5.41, 5.74) is 1.27. The van der Waals surface area contributed by atoms with E-state index >= 15 is 0 Å². The van der Waals surface area contributed by atoms with Crippen molar-refractivity contribution in [1.29, 1.82) is 0 Å². The molecule has 1 aromatic heterocycles. The lowest BCUT2D eigenvalue weighted by Gasteiger charge is -2.16. The van der Waals surface area contributed by atoms with Gasteiger partial charge in [0, 0.05) is 49.9 Å². The van der Waals surface area contributed by atoms with E-state index in [4.69, 9.17) is 16.6 Å². The van der Waals surface area contributed by atoms with Gasteiger partial charge in [0.2, 0.25) is 5.91 Å². The van der Waals surface area contributed by atoms with Crippen molar-refractivity contribution in [1.82, 2.24) is 15.5 Å². The van der Waals surface area contributed by atoms with E-state index in [1.54, 1.807) is 11.3 Å². The van der Waals surface area contributed by atoms with Crippen LogP contribution in [0.15, 0.2) is 47.5 Å². The summed E-state index contributed by atoms with van der Waals surface area (Å²) in [5.74, 6) is 1.34. The molecule has 1 atom stereocenters. The third-order valence-electron chi connectivity index (χ3n) is 4.95. The number of benzene rings is 1. The normalized spacial score (nSPS) is 17.0. The number of carbonyl (C=O) groups excluding carboxylic acids is 1. The van der Waals surface area contributed by atoms with Gasteiger partial charge < -0.3 is 15.5 Å². The molecule has 5 nitrogen and oxygen atoms in total. The molecule has 1 aliphatic heterocycles. The maximum atomic E-state index is 12.3. The summed E-state index contributed by atoms with van der Waals surface area (Å²) in [6.45, 7) is 5.90. The second-order valence-electron chi connectivity index (χ2n) is 7.25. The van der Waals surface area contributed by atoms with Crippen LogP contribution in [0.5, 0.6) is 0 Å². The molecule has 1 amide bonds. The topological polar surface area (TPSA) is 56.7 Å². The van der Waals surface area contributed by atoms with Crippen LogP contribution >= 0.6 is 22.9 Å². The highest BCUT2D eigenvalue weighted by Gasteiger charge is 2.28. The molecule has 0 bridgehead atoms. The fourth-order valence-electron chi connectivity index (χ4n) is 3.45. The van der Waals surface area contributed by atoms with E-state index in [1.807, 2.05) is 29.2 Å². The van der Waals surface area contributed by atoms with Crippen molar-refractivity contribution in [2.75, 3.05) is 32.7 Å². The van der Waals surface area contributed by atoms with Gasteiger partial charge in [-0.3, -0.25) is 9.79 Å². The van der Waals surface area contributed by atoms with E-state index in [1.165, 1.54) is 10.4 Å². The van der Waals surface area contributed by atoms with E-state index in [9.17, 15) is 4.79 Å². The average Bonchev–Trinajstić information content (AvgIpc) is 3.30. The summed E-state index contributed by atoms with van der Waals surface area (Å²) in [6.07, 6.45) is 2.40. The molecule has 0 saturated carbocycles. The Morgan fingerprint density at radius 1 is 1.21 bits per heavy atom. The van der Waals surface area contributed by atoms with E-state index in [2.05, 4.69) is 35.8 Å². The average molecular weight is 433 g/mol. The fraction of sp³-hybridized carbons (Fsp3) is 0.455. The van der Waals surface area contributed by atoms with Gasteiger partial charge in [0.1, 0.15) is 0 Å². The SMILES string of the molecule is CCNC(=NCC1CC(=O)N(CCc2ccccc2)C1)NCCc1ccc(Cl)s1. The van der Waals surface area contributed by atoms with Crippen LogP contribution in [-0.4, -0.2) is 49.5 Å². The Morgan fingerprint density at radius 3 is 2.76 bits per heavy atom. The summed E-state index contributed by atoms with van der Waals surface area (Å²) in [7, 11) is 0. The molecule has 2 N–H and O–H groups in total. The Kier molecular flexibility index (Phi) is 8.38. The molecule has 1 fully saturated rings. The minimum absolute atomic E-state index is 0.244. The number of amides is 1. The summed E-state index contributed by atoms with van der Waals surface area (Å²) in [4.78, 5) is 20.3. The maximum absolute atomic E-state index is 12.3. The van der Waals surface area contributed by atoms with Crippen LogP contribution in [0, 0.1) is 5.92 Å². The van der Waals surface area contributed by atoms with Crippen molar-refractivity contribution in [2.45, 2.75) is 26.2 Å². The van der Waals surface area contributed by atoms with Crippen LogP contribution in [-0.2, 0) is 17.6 Å². The molecule has 0 spiro atoms. The number of nitrogens with one attached hydrogen (secondary N) is 2. The van der Waals surface area contributed by atoms with Gasteiger partial charge in [-0.05, 0) is 37.5 Å². The van der Waals surface area contributed by atoms with Crippen LogP contribution < -0.4 is 10.6 Å². The number of rotatable bonds is 9. The smallest absolute Gasteiger partial charge is 0.223 e. The third kappa shape index (κ3) is 7.05. The first-order chi connectivity index (χ1) is 14.1. The molecular formula is C22H29ClN4OS. The standard InChI is InChI=1S/C22H29ClN4OS/c1-2-24-22(25-12-10-19-8-9-20(23)29-19)26-15-18-14-21(28)27(16-18)13-11-17-6-4-3-5-7-17/h3-9,18H,2,10-16H2,1H3,(H2,24,25,26). The van der Waals surface area contributed by atoms with Gasteiger partial charge in [0.25, 0.3) is 0 Å². The van der Waals surface area contributed by atoms with Crippen LogP contribution in [0.2, 0.25) is 4.34 Å². The molecule has 1 aromatic carbocycles. The third-order valence-corrected chi connectivity index (χ3v) is 6.24. The van der Waals surface area contributed by atoms with Gasteiger partial charge >= 0.3 is 0 Å². The molecular weight excluding hydrogens is 404 g/mol. The number of guanidine groups is 1. The molecule has 1 saturated heterocycles. The maximum Gasteiger partial charge on any atom is 0.223 e. The van der Waals surface area contributed by atoms with Crippen molar-refractivity contribution in [3.05, 3.63) is 57.2 Å². The monoisotopic (exact) mass is 432 g/mol. The summed E-state index contributed by atoms with van der Waals surface area (Å²) < 4.78 is 0.822. The molecule has 156 valence electrons. The zero-order valence-corrected chi connectivity index (χ0v) is 18.4. The number of aliphatic imine (C=N–C) groups is 1. The highest BCUT2D eigenvalue weighted by molar-refractivity contribution is 7.16. The van der Waals surface area contributed by atoms with Gasteiger partial charge in [-0.25, -0.2) is 0 Å². The Bertz CT molecular complexity index is 808. The number of carbonyl (C=O) groups is 1. The first-order valence-electron chi connectivity index (χ1n) is 10.2. The number of hydrogen-bond acceptors (Lipinski definition) is 3. The molecule has 1 aliphatic rings. The second-order valence-corrected chi connectivity index (χ2v) is 9.05. The predicted octanol–water partition coefficient (Wildman–Crippen LogP) is 3.59. The van der Waals surface area contributed by atoms with Crippen molar-refractivity contribution in [3.63, 3.8) is 0 Å². The van der Waals surface area contributed by atoms with E-state index in [-0.39, 0.29) is 11.8 Å². The van der Waals surface area contributed by atoms with Gasteiger partial charge in [-0.1, -0.05) is 41.9 Å². The molecule has 2 heterocycles. The van der Waals surface area contributed by atoms with Crippen molar-refractivity contribution in [2.24, 2.45) is 10.9 Å². The van der Waals surface area contributed by atoms with Gasteiger partial charge in [-0.15, -0.1) is 11.3 Å². The number of thiophene rings is 1. The van der Waals surface area contributed by atoms with Crippen LogP contribution in [0.3, 0.4) is 0 Å². The zero-order valence-electron chi connectivity index (χ0n) is 16.9. The molecule has 7 heteroatoms. The summed E-state index contributed by atoms with van der Waals surface area (Å²) >= 11 is 7.60. The first kappa shape index (κ1) is 21.7. The van der Waals surface area contributed by atoms with Crippen molar-refractivity contribution >= 4 is 34.8 Å². The Morgan fingerprint density at radius 2 is 2.03 bits per heavy atom. The minimum Gasteiger partial charge on any atom is -0.357 e. The summed E-state index contributed by atoms with van der Waals surface area (Å²) in [6, 6.07) is 14.3. The minimum atomic E-state index is 0.244. The summed E-state index contributed by atoms with van der Waals surface area (Å²) in [5, 5.41) is 6.66. The van der Waals surface area contributed by atoms with Crippen molar-refractivity contribution in [3.8, 4) is 0 Å². The van der Waals surface area contributed by atoms with E-state index in [0.717, 1.165) is 49.3 Å². The predicted molar refractivity (Wildman–Crippen MR) is 122 cm³/mol. The van der Waals surface area contributed by atoms with Crippen LogP contribution in [0.4, 0.5) is 0 Å². The molecule has 2 aromatic rings. The van der Waals surface area contributed by atoms with Crippen LogP contribution in [0.1, 0.15) is 23.8 Å². The second kappa shape index (κ2) is 11.2. The Balaban J connectivity index is 1.44. The first-order valence-corrected chi connectivity index (χ1v) is 11.4. The van der Waals surface area contributed by atoms with Gasteiger partial charge in [-0.2, -0.15) is 0 Å². The lowest BCUT2D eigenvalue weighted by Crippen LogP contribution is -2.38. The number of hydrogen-bond donors (Lipinski definition) is 2. The fourth-order valence-corrected chi connectivity index (χ4v) is 4.54. The molecule has 29 heavy (non-hydrogen) atoms.